The van der Waals surface area contributed by atoms with E-state index in [1.54, 1.807) is 6.20 Å². The molecule has 0 aliphatic rings. The van der Waals surface area contributed by atoms with Gasteiger partial charge in [0.15, 0.2) is 0 Å². The van der Waals surface area contributed by atoms with E-state index >= 15 is 0 Å². The molecule has 0 radical (unpaired) electrons. The lowest BCUT2D eigenvalue weighted by Gasteiger charge is -2.13. The summed E-state index contributed by atoms with van der Waals surface area (Å²) in [6.07, 6.45) is 9.12. The molecule has 9 heteroatoms. The Kier molecular flexibility index (Phi) is 11.3. The number of nitrogens with one attached hydrogen (secondary N) is 3. The molecule has 4 N–H and O–H groups in total. The van der Waals surface area contributed by atoms with Crippen LogP contribution < -0.4 is 10.6 Å². The molecule has 9 nitrogen and oxygen atoms in total. The van der Waals surface area contributed by atoms with E-state index in [-0.39, 0.29) is 19.4 Å². The van der Waals surface area contributed by atoms with Crippen LogP contribution >= 0.6 is 0 Å². The average Bonchev–Trinajstić information content (AvgIpc) is 3.13. The number of aromatic amines is 1. The molecule has 2 amide bonds. The van der Waals surface area contributed by atoms with E-state index in [2.05, 4.69) is 27.5 Å². The molecule has 1 aromatic rings. The van der Waals surface area contributed by atoms with Crippen molar-refractivity contribution in [3.63, 3.8) is 0 Å². The van der Waals surface area contributed by atoms with Gasteiger partial charge in [-0.3, -0.25) is 4.79 Å². The molecule has 1 aromatic heterocycles. The maximum absolute atomic E-state index is 11.9. The third-order valence-corrected chi connectivity index (χ3v) is 3.95. The van der Waals surface area contributed by atoms with Gasteiger partial charge in [0.2, 0.25) is 5.91 Å². The molecule has 1 atom stereocenters. The maximum Gasteiger partial charge on any atom is 0.407 e. The summed E-state index contributed by atoms with van der Waals surface area (Å²) in [5, 5.41) is 14.1. The lowest BCUT2D eigenvalue weighted by molar-refractivity contribution is -0.141. The first-order valence-corrected chi connectivity index (χ1v) is 9.43. The van der Waals surface area contributed by atoms with Crippen molar-refractivity contribution in [2.45, 2.75) is 64.3 Å². The van der Waals surface area contributed by atoms with Crippen molar-refractivity contribution in [2.24, 2.45) is 0 Å². The molecule has 0 bridgehead atoms. The van der Waals surface area contributed by atoms with Gasteiger partial charge in [-0.1, -0.05) is 39.0 Å². The highest BCUT2D eigenvalue weighted by molar-refractivity contribution is 5.84. The second kappa shape index (κ2) is 13.6. The zero-order valence-corrected chi connectivity index (χ0v) is 15.8. The van der Waals surface area contributed by atoms with Gasteiger partial charge < -0.3 is 25.5 Å². The number of aromatic nitrogens is 2. The number of hydrogen-bond acceptors (Lipinski definition) is 5. The monoisotopic (exact) mass is 382 g/mol. The largest absolute Gasteiger partial charge is 0.480 e. The molecule has 0 fully saturated rings. The average molecular weight is 382 g/mol. The van der Waals surface area contributed by atoms with Gasteiger partial charge in [0.25, 0.3) is 0 Å². The van der Waals surface area contributed by atoms with Gasteiger partial charge in [-0.25, -0.2) is 14.6 Å². The Morgan fingerprint density at radius 3 is 2.63 bits per heavy atom. The van der Waals surface area contributed by atoms with Crippen LogP contribution in [0.25, 0.3) is 0 Å². The topological polar surface area (TPSA) is 133 Å². The number of carbonyl (C=O) groups is 3. The van der Waals surface area contributed by atoms with E-state index in [0.717, 1.165) is 19.3 Å². The number of unbranched alkanes of at least 4 members (excludes halogenated alkanes) is 5. The maximum atomic E-state index is 11.9. The van der Waals surface area contributed by atoms with Crippen LogP contribution in [0.3, 0.4) is 0 Å². The summed E-state index contributed by atoms with van der Waals surface area (Å²) >= 11 is 0. The van der Waals surface area contributed by atoms with Crippen molar-refractivity contribution >= 4 is 18.0 Å². The third kappa shape index (κ3) is 10.9. The van der Waals surface area contributed by atoms with E-state index in [1.807, 2.05) is 0 Å². The Balaban J connectivity index is 2.12. The van der Waals surface area contributed by atoms with Gasteiger partial charge in [-0.05, 0) is 6.42 Å². The number of carboxylic acids is 1. The predicted molar refractivity (Wildman–Crippen MR) is 99.2 cm³/mol. The first-order valence-electron chi connectivity index (χ1n) is 9.43. The van der Waals surface area contributed by atoms with Crippen LogP contribution in [0.15, 0.2) is 12.5 Å². The summed E-state index contributed by atoms with van der Waals surface area (Å²) in [5.74, 6) is -1.60. The zero-order valence-electron chi connectivity index (χ0n) is 15.8. The number of amides is 2. The summed E-state index contributed by atoms with van der Waals surface area (Å²) in [7, 11) is 0. The van der Waals surface area contributed by atoms with E-state index in [4.69, 9.17) is 4.74 Å². The van der Waals surface area contributed by atoms with Gasteiger partial charge in [-0.15, -0.1) is 0 Å². The van der Waals surface area contributed by atoms with Crippen LogP contribution in [0.4, 0.5) is 4.79 Å². The van der Waals surface area contributed by atoms with Gasteiger partial charge in [-0.2, -0.15) is 0 Å². The number of rotatable bonds is 14. The van der Waals surface area contributed by atoms with Crippen LogP contribution in [0.5, 0.6) is 0 Å². The molecular formula is C18H30N4O5. The highest BCUT2D eigenvalue weighted by Crippen LogP contribution is 2.05. The highest BCUT2D eigenvalue weighted by Gasteiger charge is 2.21. The Morgan fingerprint density at radius 1 is 1.22 bits per heavy atom. The Morgan fingerprint density at radius 2 is 1.96 bits per heavy atom. The molecule has 152 valence electrons. The van der Waals surface area contributed by atoms with E-state index in [1.165, 1.54) is 25.6 Å². The van der Waals surface area contributed by atoms with Crippen LogP contribution in [0.2, 0.25) is 0 Å². The first kappa shape index (κ1) is 22.5. The van der Waals surface area contributed by atoms with Crippen molar-refractivity contribution in [2.75, 3.05) is 13.2 Å². The Bertz CT molecular complexity index is 562. The highest BCUT2D eigenvalue weighted by atomic mass is 16.5. The van der Waals surface area contributed by atoms with Crippen LogP contribution in [0, 0.1) is 0 Å². The number of nitrogens with zero attached hydrogens (tertiary/aromatic N) is 1. The lowest BCUT2D eigenvalue weighted by atomic mass is 10.1. The summed E-state index contributed by atoms with van der Waals surface area (Å²) in [6, 6.07) is -1.07. The number of carbonyl (C=O) groups excluding carboxylic acids is 2. The van der Waals surface area contributed by atoms with Crippen molar-refractivity contribution < 1.29 is 24.2 Å². The van der Waals surface area contributed by atoms with E-state index < -0.39 is 24.0 Å². The number of H-pyrrole nitrogens is 1. The fourth-order valence-electron chi connectivity index (χ4n) is 2.45. The minimum atomic E-state index is -1.14. The molecule has 0 aliphatic carbocycles. The van der Waals surface area contributed by atoms with Gasteiger partial charge in [0.05, 0.1) is 18.6 Å². The van der Waals surface area contributed by atoms with E-state index in [9.17, 15) is 19.5 Å². The molecule has 0 aromatic carbocycles. The quantitative estimate of drug-likeness (QED) is 0.364. The van der Waals surface area contributed by atoms with Crippen molar-refractivity contribution in [1.82, 2.24) is 20.6 Å². The lowest BCUT2D eigenvalue weighted by Crippen LogP contribution is -2.43. The van der Waals surface area contributed by atoms with Gasteiger partial charge in [0, 0.05) is 25.6 Å². The van der Waals surface area contributed by atoms with Crippen LogP contribution in [0.1, 0.15) is 57.6 Å². The normalized spacial score (nSPS) is 11.6. The minimum absolute atomic E-state index is 0.0313. The fraction of sp³-hybridized carbons (Fsp3) is 0.667. The second-order valence-corrected chi connectivity index (χ2v) is 6.30. The molecule has 0 saturated carbocycles. The summed E-state index contributed by atoms with van der Waals surface area (Å²) in [6.45, 7) is 2.60. The number of aliphatic carboxylic acids is 1. The SMILES string of the molecule is CCCCCCCCOC(=O)NCCC(=O)N[C@@H](Cc1c[nH]cn1)C(=O)O. The molecular weight excluding hydrogens is 352 g/mol. The van der Waals surface area contributed by atoms with Crippen molar-refractivity contribution in [3.8, 4) is 0 Å². The third-order valence-electron chi connectivity index (χ3n) is 3.95. The number of carboxylic acid groups (broad SMARTS) is 1. The second-order valence-electron chi connectivity index (χ2n) is 6.30. The van der Waals surface area contributed by atoms with Crippen molar-refractivity contribution in [1.29, 1.82) is 0 Å². The smallest absolute Gasteiger partial charge is 0.407 e. The summed E-state index contributed by atoms with van der Waals surface area (Å²) in [4.78, 5) is 41.3. The van der Waals surface area contributed by atoms with Gasteiger partial charge >= 0.3 is 12.1 Å². The number of alkyl carbamates (subject to hydrolysis) is 1. The fourth-order valence-corrected chi connectivity index (χ4v) is 2.45. The summed E-state index contributed by atoms with van der Waals surface area (Å²) in [5.41, 5.74) is 0.541. The Hall–Kier alpha value is -2.58. The minimum Gasteiger partial charge on any atom is -0.480 e. The summed E-state index contributed by atoms with van der Waals surface area (Å²) < 4.78 is 5.03. The number of imidazole rings is 1. The van der Waals surface area contributed by atoms with Crippen LogP contribution in [-0.4, -0.2) is 52.2 Å². The van der Waals surface area contributed by atoms with Crippen LogP contribution in [-0.2, 0) is 20.7 Å². The Labute approximate surface area is 159 Å². The number of hydrogen-bond donors (Lipinski definition) is 4. The molecule has 1 rings (SSSR count). The molecule has 0 unspecified atom stereocenters. The molecule has 0 spiro atoms. The first-order chi connectivity index (χ1) is 13.0. The predicted octanol–water partition coefficient (Wildman–Crippen LogP) is 2.00. The molecule has 0 saturated heterocycles. The van der Waals surface area contributed by atoms with Gasteiger partial charge in [0.1, 0.15) is 6.04 Å². The molecule has 0 aliphatic heterocycles. The standard InChI is InChI=1S/C18H30N4O5/c1-2-3-4-5-6-7-10-27-18(26)20-9-8-16(23)22-15(17(24)25)11-14-12-19-13-21-14/h12-13,15H,2-11H2,1H3,(H,19,21)(H,20,26)(H,22,23)(H,24,25)/t15-/m0/s1. The van der Waals surface area contributed by atoms with E-state index in [0.29, 0.717) is 12.3 Å². The zero-order chi connectivity index (χ0) is 19.9. The molecule has 1 heterocycles. The number of ether oxygens (including phenoxy) is 1. The van der Waals surface area contributed by atoms with Crippen molar-refractivity contribution in [3.05, 3.63) is 18.2 Å². The molecule has 27 heavy (non-hydrogen) atoms.